The van der Waals surface area contributed by atoms with E-state index in [2.05, 4.69) is 54.6 Å². The summed E-state index contributed by atoms with van der Waals surface area (Å²) in [5.74, 6) is -2.10. The molecule has 0 aromatic rings. The molecule has 1 fully saturated rings. The van der Waals surface area contributed by atoms with Crippen molar-refractivity contribution >= 4 is 28.2 Å². The largest absolute Gasteiger partial charge is 0.420 e. The lowest BCUT2D eigenvalue weighted by molar-refractivity contribution is -0.269. The maximum absolute atomic E-state index is 12.3. The van der Waals surface area contributed by atoms with Gasteiger partial charge in [-0.15, -0.1) is 0 Å². The van der Waals surface area contributed by atoms with Crippen LogP contribution in [0.5, 0.6) is 0 Å². The first-order valence-corrected chi connectivity index (χ1v) is 18.1. The summed E-state index contributed by atoms with van der Waals surface area (Å²) in [6.45, 7) is 21.2. The molecule has 1 rings (SSSR count). The quantitative estimate of drug-likeness (QED) is 0.350. The van der Waals surface area contributed by atoms with E-state index < -0.39 is 46.0 Å². The summed E-state index contributed by atoms with van der Waals surface area (Å²) in [5.41, 5.74) is -0.386. The maximum atomic E-state index is 12.3. The van der Waals surface area contributed by atoms with Crippen LogP contribution in [0.3, 0.4) is 0 Å². The molecule has 174 valence electrons. The molecule has 0 saturated heterocycles. The molecule has 0 radical (unpaired) electrons. The highest BCUT2D eigenvalue weighted by Crippen LogP contribution is 2.55. The average molecular weight is 469 g/mol. The van der Waals surface area contributed by atoms with Gasteiger partial charge in [0.2, 0.25) is 0 Å². The molecule has 1 saturated carbocycles. The van der Waals surface area contributed by atoms with Crippen LogP contribution < -0.4 is 0 Å². The molecular formula is C20H44O6SSi2. The van der Waals surface area contributed by atoms with Gasteiger partial charge >= 0.3 is 0 Å². The van der Waals surface area contributed by atoms with Gasteiger partial charge in [-0.25, -0.2) is 0 Å². The second-order valence-corrected chi connectivity index (χ2v) is 17.7. The van der Waals surface area contributed by atoms with E-state index in [9.17, 15) is 13.5 Å². The molecule has 0 aromatic carbocycles. The van der Waals surface area contributed by atoms with Gasteiger partial charge in [0, 0.05) is 13.0 Å². The van der Waals surface area contributed by atoms with Crippen molar-refractivity contribution in [3.63, 3.8) is 0 Å². The standard InChI is InChI=1S/C20H44O6SSi2/c1-18(2,3)14-12-20(21,26-29(10)11)15(13-24-28(8)9)17(25-27(7,22)23)16(14)19(4,5)6/h14-17,21,28-29H,12-13H2,1-11H3/t14-,15?,16-,17-,20-/m0/s1. The summed E-state index contributed by atoms with van der Waals surface area (Å²) in [5, 5.41) is 11.8. The molecule has 0 heterocycles. The van der Waals surface area contributed by atoms with Crippen LogP contribution in [0.15, 0.2) is 0 Å². The first kappa shape index (κ1) is 27.3. The molecule has 0 aromatic heterocycles. The molecule has 0 spiro atoms. The normalized spacial score (nSPS) is 32.2. The Morgan fingerprint density at radius 2 is 1.52 bits per heavy atom. The van der Waals surface area contributed by atoms with Crippen LogP contribution in [-0.2, 0) is 23.2 Å². The van der Waals surface area contributed by atoms with E-state index in [-0.39, 0.29) is 29.3 Å². The monoisotopic (exact) mass is 468 g/mol. The molecule has 1 unspecified atom stereocenters. The van der Waals surface area contributed by atoms with E-state index in [1.165, 1.54) is 0 Å². The second-order valence-electron chi connectivity index (χ2n) is 11.3. The van der Waals surface area contributed by atoms with E-state index in [4.69, 9.17) is 13.0 Å². The average Bonchev–Trinajstić information content (AvgIpc) is 2.40. The molecule has 0 aliphatic heterocycles. The summed E-state index contributed by atoms with van der Waals surface area (Å²) in [7, 11) is -6.74. The molecule has 1 N–H and O–H groups in total. The molecule has 1 aliphatic carbocycles. The van der Waals surface area contributed by atoms with Crippen molar-refractivity contribution < 1.29 is 26.6 Å². The smallest absolute Gasteiger partial charge is 0.264 e. The summed E-state index contributed by atoms with van der Waals surface area (Å²) >= 11 is 0. The Hall–Kier alpha value is 0.224. The summed E-state index contributed by atoms with van der Waals surface area (Å²) < 4.78 is 42.5. The lowest BCUT2D eigenvalue weighted by Crippen LogP contribution is -2.64. The van der Waals surface area contributed by atoms with E-state index >= 15 is 0 Å². The lowest BCUT2D eigenvalue weighted by atomic mass is 9.54. The molecule has 0 amide bonds. The van der Waals surface area contributed by atoms with Crippen molar-refractivity contribution in [3.8, 4) is 0 Å². The van der Waals surface area contributed by atoms with Gasteiger partial charge in [0.05, 0.1) is 18.3 Å². The third-order valence-electron chi connectivity index (χ3n) is 5.72. The van der Waals surface area contributed by atoms with Crippen LogP contribution >= 0.6 is 0 Å². The van der Waals surface area contributed by atoms with Crippen molar-refractivity contribution in [2.75, 3.05) is 12.9 Å². The highest BCUT2D eigenvalue weighted by atomic mass is 32.2. The van der Waals surface area contributed by atoms with Gasteiger partial charge in [-0.1, -0.05) is 41.5 Å². The lowest BCUT2D eigenvalue weighted by Gasteiger charge is -2.57. The van der Waals surface area contributed by atoms with Crippen LogP contribution in [0.25, 0.3) is 0 Å². The zero-order valence-corrected chi connectivity index (χ0v) is 23.4. The first-order chi connectivity index (χ1) is 12.8. The maximum Gasteiger partial charge on any atom is 0.264 e. The Labute approximate surface area is 182 Å². The van der Waals surface area contributed by atoms with E-state index in [1.54, 1.807) is 0 Å². The van der Waals surface area contributed by atoms with Gasteiger partial charge in [0.1, 0.15) is 0 Å². The minimum Gasteiger partial charge on any atom is -0.420 e. The first-order valence-electron chi connectivity index (χ1n) is 10.7. The Morgan fingerprint density at radius 1 is 1.00 bits per heavy atom. The van der Waals surface area contributed by atoms with Gasteiger partial charge < -0.3 is 14.0 Å². The Balaban J connectivity index is 3.65. The fourth-order valence-electron chi connectivity index (χ4n) is 4.66. The van der Waals surface area contributed by atoms with Crippen LogP contribution in [0, 0.1) is 28.6 Å². The highest BCUT2D eigenvalue weighted by Gasteiger charge is 2.59. The fraction of sp³-hybridized carbons (Fsp3) is 1.00. The van der Waals surface area contributed by atoms with Crippen LogP contribution in [-0.4, -0.2) is 56.4 Å². The van der Waals surface area contributed by atoms with E-state index in [0.29, 0.717) is 6.42 Å². The molecule has 6 nitrogen and oxygen atoms in total. The Bertz CT molecular complexity index is 638. The minimum atomic E-state index is -3.74. The van der Waals surface area contributed by atoms with Crippen LogP contribution in [0.1, 0.15) is 48.0 Å². The molecule has 0 bridgehead atoms. The van der Waals surface area contributed by atoms with Crippen molar-refractivity contribution in [2.24, 2.45) is 28.6 Å². The summed E-state index contributed by atoms with van der Waals surface area (Å²) in [4.78, 5) is 0. The van der Waals surface area contributed by atoms with Crippen molar-refractivity contribution in [3.05, 3.63) is 0 Å². The predicted octanol–water partition coefficient (Wildman–Crippen LogP) is 3.36. The minimum absolute atomic E-state index is 0.0135. The second kappa shape index (κ2) is 9.38. The number of rotatable bonds is 7. The highest BCUT2D eigenvalue weighted by molar-refractivity contribution is 7.86. The Kier molecular flexibility index (Phi) is 8.82. The van der Waals surface area contributed by atoms with Crippen molar-refractivity contribution in [2.45, 2.75) is 86.0 Å². The molecule has 1 aliphatic rings. The van der Waals surface area contributed by atoms with Crippen LogP contribution in [0.4, 0.5) is 0 Å². The predicted molar refractivity (Wildman–Crippen MR) is 123 cm³/mol. The molecule has 9 heteroatoms. The van der Waals surface area contributed by atoms with E-state index in [1.807, 2.05) is 13.1 Å². The molecular weight excluding hydrogens is 424 g/mol. The topological polar surface area (TPSA) is 82.1 Å². The van der Waals surface area contributed by atoms with Crippen molar-refractivity contribution in [1.82, 2.24) is 0 Å². The van der Waals surface area contributed by atoms with E-state index in [0.717, 1.165) is 6.26 Å². The summed E-state index contributed by atoms with van der Waals surface area (Å²) in [6.07, 6.45) is 0.814. The summed E-state index contributed by atoms with van der Waals surface area (Å²) in [6, 6.07) is 0. The number of hydrogen-bond acceptors (Lipinski definition) is 6. The van der Waals surface area contributed by atoms with Crippen LogP contribution in [0.2, 0.25) is 26.2 Å². The van der Waals surface area contributed by atoms with Crippen molar-refractivity contribution in [1.29, 1.82) is 0 Å². The molecule has 29 heavy (non-hydrogen) atoms. The molecule has 5 atom stereocenters. The zero-order chi connectivity index (χ0) is 23.0. The van der Waals surface area contributed by atoms with Gasteiger partial charge in [0.25, 0.3) is 10.1 Å². The third kappa shape index (κ3) is 7.69. The zero-order valence-electron chi connectivity index (χ0n) is 20.3. The van der Waals surface area contributed by atoms with Gasteiger partial charge in [-0.3, -0.25) is 4.18 Å². The SMILES string of the molecule is C[SiH](C)OCC1[C@H](OS(C)(=O)=O)[C@@H](C(C)(C)C)[C@@H](C(C)(C)C)C[C@]1(O)O[SiH](C)C. The van der Waals surface area contributed by atoms with Gasteiger partial charge in [-0.2, -0.15) is 8.42 Å². The van der Waals surface area contributed by atoms with Gasteiger partial charge in [-0.05, 0) is 48.9 Å². The number of aliphatic hydroxyl groups is 1. The van der Waals surface area contributed by atoms with Gasteiger partial charge in [0.15, 0.2) is 23.9 Å². The third-order valence-corrected chi connectivity index (χ3v) is 8.03. The Morgan fingerprint density at radius 3 is 1.86 bits per heavy atom. The number of hydrogen-bond donors (Lipinski definition) is 1. The fourth-order valence-corrected chi connectivity index (χ4v) is 7.00.